The Hall–Kier alpha value is -1.88. The Morgan fingerprint density at radius 3 is 2.65 bits per heavy atom. The first-order valence-corrected chi connectivity index (χ1v) is 6.61. The fourth-order valence-electron chi connectivity index (χ4n) is 2.25. The van der Waals surface area contributed by atoms with Crippen LogP contribution in [0.15, 0.2) is 18.2 Å². The monoisotopic (exact) mass is 277 g/mol. The second-order valence-corrected chi connectivity index (χ2v) is 5.09. The molecular formula is C15H20FN3O. The van der Waals surface area contributed by atoms with Gasteiger partial charge in [0.05, 0.1) is 5.69 Å². The Balaban J connectivity index is 2.08. The van der Waals surface area contributed by atoms with E-state index in [4.69, 9.17) is 0 Å². The van der Waals surface area contributed by atoms with E-state index in [-0.39, 0.29) is 11.8 Å². The second kappa shape index (κ2) is 5.63. The molecule has 20 heavy (non-hydrogen) atoms. The number of aryl methyl sites for hydroxylation is 2. The summed E-state index contributed by atoms with van der Waals surface area (Å²) in [4.78, 5) is 0. The van der Waals surface area contributed by atoms with Gasteiger partial charge in [-0.2, -0.15) is 5.10 Å². The quantitative estimate of drug-likeness (QED) is 0.903. The van der Waals surface area contributed by atoms with E-state index < -0.39 is 5.82 Å². The maximum Gasteiger partial charge on any atom is 0.164 e. The van der Waals surface area contributed by atoms with Crippen molar-refractivity contribution in [3.05, 3.63) is 46.5 Å². The van der Waals surface area contributed by atoms with E-state index in [2.05, 4.69) is 10.4 Å². The molecule has 0 spiro atoms. The van der Waals surface area contributed by atoms with E-state index in [9.17, 15) is 9.50 Å². The molecule has 0 aliphatic heterocycles. The van der Waals surface area contributed by atoms with E-state index in [1.165, 1.54) is 17.7 Å². The van der Waals surface area contributed by atoms with Crippen LogP contribution in [-0.2, 0) is 13.6 Å². The van der Waals surface area contributed by atoms with Crippen LogP contribution in [0, 0.1) is 19.7 Å². The standard InChI is InChI=1S/C15H20FN3O/c1-9(12-5-6-14(16)15(20)7-12)17-8-13-10(2)18-19(4)11(13)3/h5-7,9,17,20H,8H2,1-4H3. The topological polar surface area (TPSA) is 50.1 Å². The van der Waals surface area contributed by atoms with Crippen LogP contribution in [0.1, 0.15) is 35.5 Å². The number of phenols is 1. The van der Waals surface area contributed by atoms with Gasteiger partial charge < -0.3 is 10.4 Å². The van der Waals surface area contributed by atoms with Crippen molar-refractivity contribution >= 4 is 0 Å². The SMILES string of the molecule is Cc1nn(C)c(C)c1CNC(C)c1ccc(F)c(O)c1. The van der Waals surface area contributed by atoms with Gasteiger partial charge in [0.15, 0.2) is 11.6 Å². The summed E-state index contributed by atoms with van der Waals surface area (Å²) < 4.78 is 14.9. The van der Waals surface area contributed by atoms with Crippen LogP contribution in [-0.4, -0.2) is 14.9 Å². The Morgan fingerprint density at radius 1 is 1.40 bits per heavy atom. The summed E-state index contributed by atoms with van der Waals surface area (Å²) in [6.45, 7) is 6.68. The smallest absolute Gasteiger partial charge is 0.164 e. The minimum absolute atomic E-state index is 0.0144. The van der Waals surface area contributed by atoms with Crippen LogP contribution in [0.5, 0.6) is 5.75 Å². The molecule has 5 heteroatoms. The molecule has 1 heterocycles. The van der Waals surface area contributed by atoms with Crippen LogP contribution >= 0.6 is 0 Å². The van der Waals surface area contributed by atoms with Gasteiger partial charge in [0.2, 0.25) is 0 Å². The van der Waals surface area contributed by atoms with Crippen molar-refractivity contribution in [1.82, 2.24) is 15.1 Å². The summed E-state index contributed by atoms with van der Waals surface area (Å²) in [6, 6.07) is 4.43. The zero-order valence-electron chi connectivity index (χ0n) is 12.2. The first kappa shape index (κ1) is 14.5. The lowest BCUT2D eigenvalue weighted by atomic mass is 10.1. The van der Waals surface area contributed by atoms with Gasteiger partial charge in [-0.3, -0.25) is 4.68 Å². The molecule has 0 fully saturated rings. The highest BCUT2D eigenvalue weighted by Gasteiger charge is 2.12. The van der Waals surface area contributed by atoms with Crippen molar-refractivity contribution in [3.8, 4) is 5.75 Å². The van der Waals surface area contributed by atoms with Crippen LogP contribution in [0.4, 0.5) is 4.39 Å². The zero-order valence-corrected chi connectivity index (χ0v) is 12.2. The van der Waals surface area contributed by atoms with Crippen molar-refractivity contribution in [2.24, 2.45) is 7.05 Å². The third kappa shape index (κ3) is 2.82. The van der Waals surface area contributed by atoms with E-state index in [0.29, 0.717) is 6.54 Å². The van der Waals surface area contributed by atoms with Crippen molar-refractivity contribution in [2.75, 3.05) is 0 Å². The first-order chi connectivity index (χ1) is 9.40. The van der Waals surface area contributed by atoms with Gasteiger partial charge >= 0.3 is 0 Å². The zero-order chi connectivity index (χ0) is 14.9. The predicted molar refractivity (Wildman–Crippen MR) is 76.0 cm³/mol. The maximum atomic E-state index is 13.0. The highest BCUT2D eigenvalue weighted by molar-refractivity contribution is 5.31. The van der Waals surface area contributed by atoms with Crippen LogP contribution in [0.3, 0.4) is 0 Å². The van der Waals surface area contributed by atoms with Gasteiger partial charge in [-0.15, -0.1) is 0 Å². The second-order valence-electron chi connectivity index (χ2n) is 5.09. The number of hydrogen-bond donors (Lipinski definition) is 2. The molecule has 108 valence electrons. The van der Waals surface area contributed by atoms with Crippen molar-refractivity contribution < 1.29 is 9.50 Å². The number of rotatable bonds is 4. The van der Waals surface area contributed by atoms with Gasteiger partial charge in [-0.1, -0.05) is 6.07 Å². The average molecular weight is 277 g/mol. The minimum atomic E-state index is -0.597. The number of aromatic nitrogens is 2. The number of nitrogens with one attached hydrogen (secondary N) is 1. The lowest BCUT2D eigenvalue weighted by Crippen LogP contribution is -2.19. The molecule has 1 aromatic carbocycles. The number of nitrogens with zero attached hydrogens (tertiary/aromatic N) is 2. The number of hydrogen-bond acceptors (Lipinski definition) is 3. The van der Waals surface area contributed by atoms with Gasteiger partial charge in [0, 0.05) is 30.9 Å². The Kier molecular flexibility index (Phi) is 4.09. The van der Waals surface area contributed by atoms with Crippen LogP contribution < -0.4 is 5.32 Å². The van der Waals surface area contributed by atoms with Crippen LogP contribution in [0.25, 0.3) is 0 Å². The lowest BCUT2D eigenvalue weighted by molar-refractivity contribution is 0.429. The molecule has 0 saturated carbocycles. The molecule has 2 N–H and O–H groups in total. The predicted octanol–water partition coefficient (Wildman–Crippen LogP) is 2.73. The molecule has 1 aromatic heterocycles. The molecule has 0 aliphatic carbocycles. The summed E-state index contributed by atoms with van der Waals surface area (Å²) in [5, 5.41) is 17.2. The van der Waals surface area contributed by atoms with E-state index in [0.717, 1.165) is 17.0 Å². The van der Waals surface area contributed by atoms with E-state index in [1.54, 1.807) is 6.07 Å². The van der Waals surface area contributed by atoms with Gasteiger partial charge in [0.25, 0.3) is 0 Å². The summed E-state index contributed by atoms with van der Waals surface area (Å²) in [5.41, 5.74) is 4.16. The Morgan fingerprint density at radius 2 is 2.10 bits per heavy atom. The molecule has 2 rings (SSSR count). The average Bonchev–Trinajstić information content (AvgIpc) is 2.64. The summed E-state index contributed by atoms with van der Waals surface area (Å²) in [7, 11) is 1.92. The van der Waals surface area contributed by atoms with Crippen molar-refractivity contribution in [3.63, 3.8) is 0 Å². The number of phenolic OH excluding ortho intramolecular Hbond substituents is 1. The molecule has 1 atom stereocenters. The van der Waals surface area contributed by atoms with Crippen LogP contribution in [0.2, 0.25) is 0 Å². The highest BCUT2D eigenvalue weighted by atomic mass is 19.1. The van der Waals surface area contributed by atoms with Gasteiger partial charge in [-0.05, 0) is 38.5 Å². The van der Waals surface area contributed by atoms with E-state index in [1.807, 2.05) is 32.5 Å². The molecule has 0 bridgehead atoms. The van der Waals surface area contributed by atoms with Crippen molar-refractivity contribution in [1.29, 1.82) is 0 Å². The van der Waals surface area contributed by atoms with Crippen molar-refractivity contribution in [2.45, 2.75) is 33.4 Å². The third-order valence-corrected chi connectivity index (χ3v) is 3.71. The van der Waals surface area contributed by atoms with Gasteiger partial charge in [-0.25, -0.2) is 4.39 Å². The fourth-order valence-corrected chi connectivity index (χ4v) is 2.25. The number of halogens is 1. The summed E-state index contributed by atoms with van der Waals surface area (Å²) in [6.07, 6.45) is 0. The molecule has 0 saturated heterocycles. The third-order valence-electron chi connectivity index (χ3n) is 3.71. The lowest BCUT2D eigenvalue weighted by Gasteiger charge is -2.15. The largest absolute Gasteiger partial charge is 0.505 e. The minimum Gasteiger partial charge on any atom is -0.505 e. The Bertz CT molecular complexity index is 622. The van der Waals surface area contributed by atoms with E-state index >= 15 is 0 Å². The highest BCUT2D eigenvalue weighted by Crippen LogP contribution is 2.22. The fraction of sp³-hybridized carbons (Fsp3) is 0.400. The Labute approximate surface area is 118 Å². The molecule has 2 aromatic rings. The summed E-state index contributed by atoms with van der Waals surface area (Å²) in [5.74, 6) is -0.912. The molecule has 0 radical (unpaired) electrons. The number of aromatic hydroxyl groups is 1. The summed E-state index contributed by atoms with van der Waals surface area (Å²) >= 11 is 0. The first-order valence-electron chi connectivity index (χ1n) is 6.61. The van der Waals surface area contributed by atoms with Gasteiger partial charge in [0.1, 0.15) is 0 Å². The maximum absolute atomic E-state index is 13.0. The number of benzene rings is 1. The molecule has 0 amide bonds. The normalized spacial score (nSPS) is 12.7. The molecular weight excluding hydrogens is 257 g/mol. The molecule has 0 aliphatic rings. The molecule has 1 unspecified atom stereocenters. The molecule has 4 nitrogen and oxygen atoms in total.